The minimum Gasteiger partial charge on any atom is -0.479 e. The van der Waals surface area contributed by atoms with E-state index in [1.165, 1.54) is 5.32 Å². The fourth-order valence-corrected chi connectivity index (χ4v) is 1.37. The molecule has 0 radical (unpaired) electrons. The van der Waals surface area contributed by atoms with Crippen molar-refractivity contribution >= 4 is 11.9 Å². The number of nitrogens with one attached hydrogen (secondary N) is 1. The molecule has 0 bridgehead atoms. The molecule has 0 aliphatic carbocycles. The average Bonchev–Trinajstić information content (AvgIpc) is 2.33. The number of rotatable bonds is 3. The van der Waals surface area contributed by atoms with E-state index in [0.717, 1.165) is 0 Å². The molecule has 1 aromatic carbocycles. The predicted octanol–water partition coefficient (Wildman–Crippen LogP) is 2.51. The normalized spacial score (nSPS) is 13.6. The second-order valence-electron chi connectivity index (χ2n) is 3.86. The lowest BCUT2D eigenvalue weighted by Crippen LogP contribution is -2.41. The van der Waals surface area contributed by atoms with Gasteiger partial charge in [-0.25, -0.2) is 4.79 Å². The van der Waals surface area contributed by atoms with Crippen LogP contribution in [0.1, 0.15) is 17.2 Å². The lowest BCUT2D eigenvalue weighted by atomic mass is 10.0. The van der Waals surface area contributed by atoms with Crippen molar-refractivity contribution in [3.05, 3.63) is 35.4 Å². The maximum Gasteiger partial charge on any atom is 0.471 e. The zero-order chi connectivity index (χ0) is 16.4. The van der Waals surface area contributed by atoms with E-state index in [0.29, 0.717) is 24.3 Å². The van der Waals surface area contributed by atoms with Crippen molar-refractivity contribution in [3.63, 3.8) is 0 Å². The number of carbonyl (C=O) groups is 2. The summed E-state index contributed by atoms with van der Waals surface area (Å²) in [6, 6.07) is 0.258. The molecular weight excluding hydrogens is 308 g/mol. The van der Waals surface area contributed by atoms with Crippen molar-refractivity contribution in [2.45, 2.75) is 18.4 Å². The summed E-state index contributed by atoms with van der Waals surface area (Å²) in [6.07, 6.45) is -9.98. The van der Waals surface area contributed by atoms with Crippen LogP contribution in [0.5, 0.6) is 0 Å². The Hall–Kier alpha value is -2.26. The molecule has 1 aromatic rings. The summed E-state index contributed by atoms with van der Waals surface area (Å²) in [5, 5.41) is 9.95. The van der Waals surface area contributed by atoms with Crippen LogP contribution < -0.4 is 5.32 Å². The summed E-state index contributed by atoms with van der Waals surface area (Å²) in [7, 11) is 0. The number of halogens is 6. The smallest absolute Gasteiger partial charge is 0.471 e. The Morgan fingerprint density at radius 3 is 1.81 bits per heavy atom. The third-order valence-electron chi connectivity index (χ3n) is 2.35. The largest absolute Gasteiger partial charge is 0.479 e. The van der Waals surface area contributed by atoms with Gasteiger partial charge in [-0.05, 0) is 17.7 Å². The number of carbonyl (C=O) groups excluding carboxylic acids is 1. The van der Waals surface area contributed by atoms with Crippen LogP contribution in [0.4, 0.5) is 26.3 Å². The Morgan fingerprint density at radius 2 is 1.48 bits per heavy atom. The molecule has 10 heteroatoms. The molecule has 1 atom stereocenters. The highest BCUT2D eigenvalue weighted by atomic mass is 19.4. The van der Waals surface area contributed by atoms with Crippen molar-refractivity contribution < 1.29 is 41.0 Å². The first kappa shape index (κ1) is 16.8. The second kappa shape index (κ2) is 5.62. The van der Waals surface area contributed by atoms with Gasteiger partial charge in [-0.15, -0.1) is 0 Å². The quantitative estimate of drug-likeness (QED) is 0.842. The van der Waals surface area contributed by atoms with E-state index in [1.54, 1.807) is 0 Å². The van der Waals surface area contributed by atoms with Crippen LogP contribution in [0.25, 0.3) is 0 Å². The Balaban J connectivity index is 3.02. The number of amides is 1. The minimum atomic E-state index is -5.31. The van der Waals surface area contributed by atoms with Gasteiger partial charge in [0.25, 0.3) is 0 Å². The van der Waals surface area contributed by atoms with Gasteiger partial charge in [0, 0.05) is 0 Å². The second-order valence-corrected chi connectivity index (χ2v) is 3.86. The van der Waals surface area contributed by atoms with Gasteiger partial charge in [0.05, 0.1) is 5.56 Å². The first-order valence-corrected chi connectivity index (χ1v) is 5.20. The third-order valence-corrected chi connectivity index (χ3v) is 2.35. The van der Waals surface area contributed by atoms with Crippen molar-refractivity contribution in [1.29, 1.82) is 0 Å². The molecule has 0 aromatic heterocycles. The summed E-state index contributed by atoms with van der Waals surface area (Å²) in [4.78, 5) is 21.5. The Morgan fingerprint density at radius 1 is 1.00 bits per heavy atom. The van der Waals surface area contributed by atoms with Crippen molar-refractivity contribution in [2.75, 3.05) is 0 Å². The van der Waals surface area contributed by atoms with Gasteiger partial charge < -0.3 is 10.4 Å². The molecule has 2 N–H and O–H groups in total. The van der Waals surface area contributed by atoms with E-state index in [-0.39, 0.29) is 0 Å². The number of benzene rings is 1. The predicted molar refractivity (Wildman–Crippen MR) is 56.0 cm³/mol. The first-order chi connectivity index (χ1) is 9.43. The molecule has 21 heavy (non-hydrogen) atoms. The molecule has 0 spiro atoms. The van der Waals surface area contributed by atoms with Gasteiger partial charge in [-0.3, -0.25) is 4.79 Å². The maximum atomic E-state index is 12.3. The molecule has 0 fully saturated rings. The lowest BCUT2D eigenvalue weighted by molar-refractivity contribution is -0.175. The van der Waals surface area contributed by atoms with E-state index in [2.05, 4.69) is 0 Å². The van der Waals surface area contributed by atoms with E-state index in [4.69, 9.17) is 5.11 Å². The standard InChI is InChI=1S/C11H7F6NO3/c12-10(13,14)6-3-1-5(2-4-6)7(8(19)20)18-9(21)11(15,16)17/h1-4,7H,(H,18,21)(H,19,20)/t7-/m0/s1. The SMILES string of the molecule is O=C(O)[C@@H](NC(=O)C(F)(F)F)c1ccc(C(F)(F)F)cc1. The summed E-state index contributed by atoms with van der Waals surface area (Å²) in [5.41, 5.74) is -1.52. The monoisotopic (exact) mass is 315 g/mol. The summed E-state index contributed by atoms with van der Waals surface area (Å²) < 4.78 is 73.1. The summed E-state index contributed by atoms with van der Waals surface area (Å²) >= 11 is 0. The molecule has 0 saturated carbocycles. The molecule has 0 aliphatic heterocycles. The van der Waals surface area contributed by atoms with Crippen molar-refractivity contribution in [3.8, 4) is 0 Å². The molecule has 116 valence electrons. The zero-order valence-electron chi connectivity index (χ0n) is 9.92. The van der Waals surface area contributed by atoms with E-state index in [9.17, 15) is 35.9 Å². The van der Waals surface area contributed by atoms with Crippen molar-refractivity contribution in [1.82, 2.24) is 5.32 Å². The Bertz CT molecular complexity index is 534. The number of hydrogen-bond donors (Lipinski definition) is 2. The Labute approximate surface area is 113 Å². The molecule has 0 heterocycles. The highest BCUT2D eigenvalue weighted by Gasteiger charge is 2.41. The molecule has 1 rings (SSSR count). The molecule has 1 amide bonds. The summed E-state index contributed by atoms with van der Waals surface area (Å²) in [5.74, 6) is -4.35. The van der Waals surface area contributed by atoms with Crippen LogP contribution in [-0.4, -0.2) is 23.2 Å². The van der Waals surface area contributed by atoms with Gasteiger partial charge in [0.2, 0.25) is 0 Å². The molecular formula is C11H7F6NO3. The van der Waals surface area contributed by atoms with Crippen LogP contribution in [0.2, 0.25) is 0 Å². The first-order valence-electron chi connectivity index (χ1n) is 5.20. The number of alkyl halides is 6. The van der Waals surface area contributed by atoms with Crippen LogP contribution in [0.3, 0.4) is 0 Å². The van der Waals surface area contributed by atoms with E-state index in [1.807, 2.05) is 0 Å². The fraction of sp³-hybridized carbons (Fsp3) is 0.273. The number of hydrogen-bond acceptors (Lipinski definition) is 2. The molecule has 0 unspecified atom stereocenters. The maximum absolute atomic E-state index is 12.3. The van der Waals surface area contributed by atoms with E-state index < -0.39 is 41.4 Å². The molecule has 0 saturated heterocycles. The van der Waals surface area contributed by atoms with Crippen LogP contribution in [0.15, 0.2) is 24.3 Å². The van der Waals surface area contributed by atoms with Gasteiger partial charge in [0.1, 0.15) is 0 Å². The van der Waals surface area contributed by atoms with Gasteiger partial charge >= 0.3 is 24.2 Å². The third kappa shape index (κ3) is 4.36. The summed E-state index contributed by atoms with van der Waals surface area (Å²) in [6.45, 7) is 0. The van der Waals surface area contributed by atoms with Gasteiger partial charge in [-0.1, -0.05) is 12.1 Å². The van der Waals surface area contributed by atoms with Gasteiger partial charge in [0.15, 0.2) is 6.04 Å². The van der Waals surface area contributed by atoms with Crippen molar-refractivity contribution in [2.24, 2.45) is 0 Å². The molecule has 4 nitrogen and oxygen atoms in total. The number of carboxylic acid groups (broad SMARTS) is 1. The van der Waals surface area contributed by atoms with Crippen LogP contribution in [-0.2, 0) is 15.8 Å². The average molecular weight is 315 g/mol. The fourth-order valence-electron chi connectivity index (χ4n) is 1.37. The minimum absolute atomic E-state index is 0.423. The van der Waals surface area contributed by atoms with E-state index >= 15 is 0 Å². The zero-order valence-corrected chi connectivity index (χ0v) is 9.92. The molecule has 0 aliphatic rings. The number of aliphatic carboxylic acids is 1. The highest BCUT2D eigenvalue weighted by Crippen LogP contribution is 2.30. The van der Waals surface area contributed by atoms with Crippen LogP contribution in [0, 0.1) is 0 Å². The lowest BCUT2D eigenvalue weighted by Gasteiger charge is -2.16. The number of carboxylic acids is 1. The highest BCUT2D eigenvalue weighted by molar-refractivity contribution is 5.87. The van der Waals surface area contributed by atoms with Gasteiger partial charge in [-0.2, -0.15) is 26.3 Å². The van der Waals surface area contributed by atoms with Crippen LogP contribution >= 0.6 is 0 Å². The topological polar surface area (TPSA) is 66.4 Å². The Kier molecular flexibility index (Phi) is 4.49.